The first-order chi connectivity index (χ1) is 15.6. The van der Waals surface area contributed by atoms with Crippen LogP contribution < -0.4 is 16.2 Å². The van der Waals surface area contributed by atoms with Gasteiger partial charge >= 0.3 is 0 Å². The molecule has 0 aromatic heterocycles. The summed E-state index contributed by atoms with van der Waals surface area (Å²) in [7, 11) is 0. The SMILES string of the molecule is CCCCC[C@H]1CC[C@H](c2ccc(-c3ccc(Oc4ccc(N)cc4N)cc3)cc2)CC1. The lowest BCUT2D eigenvalue weighted by atomic mass is 9.77. The molecule has 4 rings (SSSR count). The van der Waals surface area contributed by atoms with Crippen LogP contribution >= 0.6 is 0 Å². The van der Waals surface area contributed by atoms with Gasteiger partial charge in [0.25, 0.3) is 0 Å². The molecule has 0 aliphatic heterocycles. The quantitative estimate of drug-likeness (QED) is 0.281. The molecule has 168 valence electrons. The maximum atomic E-state index is 6.00. The van der Waals surface area contributed by atoms with E-state index in [1.165, 1.54) is 68.1 Å². The van der Waals surface area contributed by atoms with E-state index in [-0.39, 0.29) is 0 Å². The van der Waals surface area contributed by atoms with Crippen LogP contribution in [0.2, 0.25) is 0 Å². The van der Waals surface area contributed by atoms with E-state index in [9.17, 15) is 0 Å². The van der Waals surface area contributed by atoms with Crippen LogP contribution in [0.25, 0.3) is 11.1 Å². The highest BCUT2D eigenvalue weighted by Gasteiger charge is 2.22. The summed E-state index contributed by atoms with van der Waals surface area (Å²) in [5.74, 6) is 3.07. The summed E-state index contributed by atoms with van der Waals surface area (Å²) in [6.07, 6.45) is 11.1. The summed E-state index contributed by atoms with van der Waals surface area (Å²) < 4.78 is 5.91. The molecule has 3 aromatic carbocycles. The molecule has 1 aliphatic carbocycles. The molecule has 0 radical (unpaired) electrons. The van der Waals surface area contributed by atoms with Crippen molar-refractivity contribution < 1.29 is 4.74 Å². The molecule has 32 heavy (non-hydrogen) atoms. The highest BCUT2D eigenvalue weighted by Crippen LogP contribution is 2.38. The van der Waals surface area contributed by atoms with Crippen molar-refractivity contribution in [3.63, 3.8) is 0 Å². The Morgan fingerprint density at radius 3 is 2.06 bits per heavy atom. The number of ether oxygens (including phenoxy) is 1. The Morgan fingerprint density at radius 1 is 0.781 bits per heavy atom. The van der Waals surface area contributed by atoms with Crippen molar-refractivity contribution in [3.8, 4) is 22.6 Å². The van der Waals surface area contributed by atoms with E-state index in [1.54, 1.807) is 18.2 Å². The number of rotatable bonds is 8. The first kappa shape index (κ1) is 22.3. The van der Waals surface area contributed by atoms with Gasteiger partial charge in [-0.15, -0.1) is 0 Å². The van der Waals surface area contributed by atoms with Gasteiger partial charge in [-0.2, -0.15) is 0 Å². The summed E-state index contributed by atoms with van der Waals surface area (Å²) in [6.45, 7) is 2.29. The van der Waals surface area contributed by atoms with E-state index in [0.717, 1.165) is 17.6 Å². The Balaban J connectivity index is 1.34. The second-order valence-corrected chi connectivity index (χ2v) is 9.26. The summed E-state index contributed by atoms with van der Waals surface area (Å²) in [5, 5.41) is 0. The Hall–Kier alpha value is -2.94. The van der Waals surface area contributed by atoms with Gasteiger partial charge in [0.1, 0.15) is 11.5 Å². The molecular formula is C29H36N2O. The van der Waals surface area contributed by atoms with E-state index in [0.29, 0.717) is 17.1 Å². The van der Waals surface area contributed by atoms with Crippen LogP contribution in [-0.2, 0) is 0 Å². The molecule has 1 fully saturated rings. The topological polar surface area (TPSA) is 61.3 Å². The fourth-order valence-corrected chi connectivity index (χ4v) is 4.92. The van der Waals surface area contributed by atoms with Crippen LogP contribution in [0.4, 0.5) is 11.4 Å². The predicted molar refractivity (Wildman–Crippen MR) is 136 cm³/mol. The average molecular weight is 429 g/mol. The fourth-order valence-electron chi connectivity index (χ4n) is 4.92. The minimum absolute atomic E-state index is 0.541. The van der Waals surface area contributed by atoms with Crippen molar-refractivity contribution in [1.82, 2.24) is 0 Å². The molecule has 0 bridgehead atoms. The van der Waals surface area contributed by atoms with Crippen molar-refractivity contribution in [1.29, 1.82) is 0 Å². The van der Waals surface area contributed by atoms with Crippen LogP contribution in [-0.4, -0.2) is 0 Å². The number of anilines is 2. The van der Waals surface area contributed by atoms with Crippen molar-refractivity contribution in [2.45, 2.75) is 64.2 Å². The van der Waals surface area contributed by atoms with Gasteiger partial charge in [-0.3, -0.25) is 0 Å². The third-order valence-electron chi connectivity index (χ3n) is 6.89. The summed E-state index contributed by atoms with van der Waals surface area (Å²) >= 11 is 0. The third-order valence-corrected chi connectivity index (χ3v) is 6.89. The maximum absolute atomic E-state index is 6.00. The molecule has 4 N–H and O–H groups in total. The second kappa shape index (κ2) is 10.6. The molecule has 0 unspecified atom stereocenters. The Kier molecular flexibility index (Phi) is 7.36. The third kappa shape index (κ3) is 5.64. The van der Waals surface area contributed by atoms with Crippen LogP contribution in [0.15, 0.2) is 66.7 Å². The largest absolute Gasteiger partial charge is 0.455 e. The van der Waals surface area contributed by atoms with Crippen molar-refractivity contribution >= 4 is 11.4 Å². The van der Waals surface area contributed by atoms with E-state index in [4.69, 9.17) is 16.2 Å². The summed E-state index contributed by atoms with van der Waals surface area (Å²) in [4.78, 5) is 0. The molecule has 0 atom stereocenters. The maximum Gasteiger partial charge on any atom is 0.150 e. The predicted octanol–water partition coefficient (Wildman–Crippen LogP) is 8.16. The molecule has 0 amide bonds. The average Bonchev–Trinajstić information content (AvgIpc) is 2.82. The standard InChI is InChI=1S/C29H36N2O/c1-2-3-4-5-21-6-8-22(9-7-21)23-10-12-24(13-11-23)25-14-17-27(18-15-25)32-29-19-16-26(30)20-28(29)31/h10-22H,2-9,30-31H2,1H3/t21-,22-. The molecule has 0 spiro atoms. The minimum atomic E-state index is 0.541. The van der Waals surface area contributed by atoms with Crippen LogP contribution in [0.1, 0.15) is 69.8 Å². The van der Waals surface area contributed by atoms with Crippen molar-refractivity contribution in [2.75, 3.05) is 11.5 Å². The lowest BCUT2D eigenvalue weighted by Crippen LogP contribution is -2.13. The monoisotopic (exact) mass is 428 g/mol. The molecule has 3 nitrogen and oxygen atoms in total. The van der Waals surface area contributed by atoms with Crippen molar-refractivity contribution in [3.05, 3.63) is 72.3 Å². The van der Waals surface area contributed by atoms with Gasteiger partial charge < -0.3 is 16.2 Å². The van der Waals surface area contributed by atoms with Crippen LogP contribution in [0.3, 0.4) is 0 Å². The highest BCUT2D eigenvalue weighted by molar-refractivity contribution is 5.65. The number of unbranched alkanes of at least 4 members (excludes halogenated alkanes) is 2. The number of hydrogen-bond donors (Lipinski definition) is 2. The minimum Gasteiger partial charge on any atom is -0.455 e. The van der Waals surface area contributed by atoms with Crippen LogP contribution in [0, 0.1) is 5.92 Å². The van der Waals surface area contributed by atoms with E-state index in [2.05, 4.69) is 43.3 Å². The molecule has 3 heteroatoms. The van der Waals surface area contributed by atoms with E-state index < -0.39 is 0 Å². The molecule has 0 saturated heterocycles. The van der Waals surface area contributed by atoms with Gasteiger partial charge in [-0.25, -0.2) is 0 Å². The molecule has 1 saturated carbocycles. The second-order valence-electron chi connectivity index (χ2n) is 9.26. The smallest absolute Gasteiger partial charge is 0.150 e. The zero-order valence-electron chi connectivity index (χ0n) is 19.2. The van der Waals surface area contributed by atoms with Crippen LogP contribution in [0.5, 0.6) is 11.5 Å². The van der Waals surface area contributed by atoms with Gasteiger partial charge in [0.15, 0.2) is 0 Å². The Bertz CT molecular complexity index is 987. The lowest BCUT2D eigenvalue weighted by Gasteiger charge is -2.29. The van der Waals surface area contributed by atoms with Gasteiger partial charge in [0, 0.05) is 5.69 Å². The number of nitrogen functional groups attached to an aromatic ring is 2. The Morgan fingerprint density at radius 2 is 1.44 bits per heavy atom. The fraction of sp³-hybridized carbons (Fsp3) is 0.379. The zero-order chi connectivity index (χ0) is 22.3. The molecular weight excluding hydrogens is 392 g/mol. The summed E-state index contributed by atoms with van der Waals surface area (Å²) in [5.41, 5.74) is 16.9. The Labute approximate surface area is 192 Å². The van der Waals surface area contributed by atoms with Gasteiger partial charge in [-0.1, -0.05) is 69.0 Å². The zero-order valence-corrected chi connectivity index (χ0v) is 19.2. The first-order valence-corrected chi connectivity index (χ1v) is 12.2. The summed E-state index contributed by atoms with van der Waals surface area (Å²) in [6, 6.07) is 22.7. The van der Waals surface area contributed by atoms with Gasteiger partial charge in [0.2, 0.25) is 0 Å². The molecule has 1 aliphatic rings. The number of hydrogen-bond acceptors (Lipinski definition) is 3. The van der Waals surface area contributed by atoms with Gasteiger partial charge in [-0.05, 0) is 84.5 Å². The highest BCUT2D eigenvalue weighted by atomic mass is 16.5. The number of benzene rings is 3. The first-order valence-electron chi connectivity index (χ1n) is 12.2. The van der Waals surface area contributed by atoms with E-state index in [1.807, 2.05) is 12.1 Å². The lowest BCUT2D eigenvalue weighted by molar-refractivity contribution is 0.303. The van der Waals surface area contributed by atoms with Gasteiger partial charge in [0.05, 0.1) is 5.69 Å². The van der Waals surface area contributed by atoms with E-state index >= 15 is 0 Å². The normalized spacial score (nSPS) is 18.4. The molecule has 3 aromatic rings. The van der Waals surface area contributed by atoms with Crippen molar-refractivity contribution in [2.24, 2.45) is 5.92 Å². The number of nitrogens with two attached hydrogens (primary N) is 2. The molecule has 0 heterocycles.